The van der Waals surface area contributed by atoms with Crippen molar-refractivity contribution in [2.24, 2.45) is 0 Å². The molecule has 0 radical (unpaired) electrons. The van der Waals surface area contributed by atoms with E-state index in [2.05, 4.69) is 229 Å². The third-order valence-electron chi connectivity index (χ3n) is 14.3. The van der Waals surface area contributed by atoms with Crippen LogP contribution in [0.3, 0.4) is 0 Å². The Kier molecular flexibility index (Phi) is 8.15. The Labute approximate surface area is 387 Å². The molecule has 0 atom stereocenters. The summed E-state index contributed by atoms with van der Waals surface area (Å²) in [6, 6.07) is 87.7. The molecule has 0 fully saturated rings. The van der Waals surface area contributed by atoms with Crippen molar-refractivity contribution < 1.29 is 8.83 Å². The summed E-state index contributed by atoms with van der Waals surface area (Å²) >= 11 is 1.88. The third-order valence-corrected chi connectivity index (χ3v) is 20.3. The Morgan fingerprint density at radius 3 is 1.33 bits per heavy atom. The predicted molar refractivity (Wildman–Crippen MR) is 275 cm³/mol. The van der Waals surface area contributed by atoms with Gasteiger partial charge in [0.15, 0.2) is 8.07 Å². The van der Waals surface area contributed by atoms with Gasteiger partial charge in [-0.15, -0.1) is 0 Å². The van der Waals surface area contributed by atoms with Crippen LogP contribution < -0.4 is 25.6 Å². The Morgan fingerprint density at radius 1 is 0.333 bits per heavy atom. The average molecular weight is 878 g/mol. The van der Waals surface area contributed by atoms with Gasteiger partial charge in [0.05, 0.1) is 5.41 Å². The van der Waals surface area contributed by atoms with E-state index in [9.17, 15) is 0 Å². The Hall–Kier alpha value is -7.83. The molecule has 0 N–H and O–H groups in total. The largest absolute Gasteiger partial charge is 0.456 e. The van der Waals surface area contributed by atoms with Gasteiger partial charge in [0.1, 0.15) is 22.3 Å². The fourth-order valence-corrected chi connectivity index (χ4v) is 18.1. The van der Waals surface area contributed by atoms with E-state index in [1.807, 2.05) is 23.9 Å². The summed E-state index contributed by atoms with van der Waals surface area (Å²) in [4.78, 5) is 4.98. The molecule has 66 heavy (non-hydrogen) atoms. The lowest BCUT2D eigenvalue weighted by Gasteiger charge is -2.52. The van der Waals surface area contributed by atoms with Gasteiger partial charge in [-0.05, 0) is 104 Å². The molecular weight excluding hydrogens is 839 g/mol. The van der Waals surface area contributed by atoms with Crippen molar-refractivity contribution in [3.8, 4) is 0 Å². The minimum atomic E-state index is -3.11. The van der Waals surface area contributed by atoms with Gasteiger partial charge in [-0.25, -0.2) is 0 Å². The van der Waals surface area contributed by atoms with Crippen molar-refractivity contribution in [1.29, 1.82) is 0 Å². The van der Waals surface area contributed by atoms with Gasteiger partial charge in [-0.1, -0.05) is 176 Å². The zero-order valence-electron chi connectivity index (χ0n) is 35.7. The highest BCUT2D eigenvalue weighted by Gasteiger charge is 2.57. The SMILES string of the molecule is c1ccc([Si]2(c3ccccc3)c3ccccc3C3(c4ccccc4Sc4ccccc43)c3ccc(N(c4ccc5c(c4)oc4ccccc45)c4ccc5c(c4)oc4ccccc45)cc32)cc1. The number of hydrogen-bond acceptors (Lipinski definition) is 4. The van der Waals surface area contributed by atoms with Crippen molar-refractivity contribution in [3.05, 3.63) is 259 Å². The van der Waals surface area contributed by atoms with E-state index in [1.165, 1.54) is 52.8 Å². The van der Waals surface area contributed by atoms with Crippen LogP contribution in [0.2, 0.25) is 0 Å². The lowest BCUT2D eigenvalue weighted by molar-refractivity contribution is 0.669. The number of nitrogens with zero attached hydrogens (tertiary/aromatic N) is 1. The first-order valence-electron chi connectivity index (χ1n) is 22.6. The monoisotopic (exact) mass is 877 g/mol. The van der Waals surface area contributed by atoms with E-state index in [1.54, 1.807) is 0 Å². The molecule has 310 valence electrons. The molecule has 0 amide bonds. The topological polar surface area (TPSA) is 29.5 Å². The van der Waals surface area contributed by atoms with Crippen molar-refractivity contribution >= 4 is 102 Å². The molecule has 0 unspecified atom stereocenters. The molecule has 0 bridgehead atoms. The minimum Gasteiger partial charge on any atom is -0.456 e. The number of benzene rings is 10. The van der Waals surface area contributed by atoms with Crippen LogP contribution in [-0.4, -0.2) is 8.07 Å². The molecule has 10 aromatic carbocycles. The summed E-state index contributed by atoms with van der Waals surface area (Å²) in [5, 5.41) is 9.88. The standard InChI is InChI=1S/C61H39NO2SSi/c1-3-17-43(18-4-1)66(44-19-5-2-6-20-44)59-30-16-11-25-51(59)61(49-23-9-14-28-57(49)65-58-29-15-10-24-50(58)61)52-36-33-42(39-60(52)66)62(40-31-34-47-45-21-7-12-26-53(45)63-55(47)37-40)41-32-35-48-46-22-8-13-27-54(46)64-56(48)38-41/h1-39H. The summed E-state index contributed by atoms with van der Waals surface area (Å²) < 4.78 is 13.2. The number of furan rings is 2. The quantitative estimate of drug-likeness (QED) is 0.161. The molecule has 0 saturated carbocycles. The zero-order valence-corrected chi connectivity index (χ0v) is 37.5. The molecule has 4 heterocycles. The van der Waals surface area contributed by atoms with Gasteiger partial charge in [-0.3, -0.25) is 0 Å². The first-order valence-corrected chi connectivity index (χ1v) is 25.4. The van der Waals surface area contributed by atoms with Crippen LogP contribution in [0.15, 0.2) is 255 Å². The summed E-state index contributed by atoms with van der Waals surface area (Å²) in [5.41, 5.74) is 11.2. The number of rotatable bonds is 5. The third kappa shape index (κ3) is 5.15. The van der Waals surface area contributed by atoms with Crippen LogP contribution in [0, 0.1) is 0 Å². The van der Waals surface area contributed by atoms with Gasteiger partial charge in [0.2, 0.25) is 0 Å². The molecule has 1 spiro atoms. The molecule has 2 aliphatic rings. The number of hydrogen-bond donors (Lipinski definition) is 0. The molecule has 5 heteroatoms. The maximum absolute atomic E-state index is 6.60. The lowest BCUT2D eigenvalue weighted by Crippen LogP contribution is -2.79. The number of anilines is 3. The van der Waals surface area contributed by atoms with Crippen molar-refractivity contribution in [1.82, 2.24) is 0 Å². The zero-order chi connectivity index (χ0) is 43.4. The maximum Gasteiger partial charge on any atom is 0.180 e. The highest BCUT2D eigenvalue weighted by molar-refractivity contribution is 7.99. The molecular formula is C61H39NO2SSi. The first-order chi connectivity index (χ1) is 32.7. The molecule has 0 aliphatic carbocycles. The highest BCUT2D eigenvalue weighted by atomic mass is 32.2. The molecule has 2 aromatic heterocycles. The summed E-state index contributed by atoms with van der Waals surface area (Å²) in [7, 11) is -3.11. The molecule has 3 nitrogen and oxygen atoms in total. The van der Waals surface area contributed by atoms with Crippen molar-refractivity contribution in [2.45, 2.75) is 15.2 Å². The van der Waals surface area contributed by atoms with Crippen LogP contribution >= 0.6 is 11.8 Å². The smallest absolute Gasteiger partial charge is 0.180 e. The van der Waals surface area contributed by atoms with Gasteiger partial charge in [0, 0.05) is 60.5 Å². The Bertz CT molecular complexity index is 3690. The maximum atomic E-state index is 6.60. The fraction of sp³-hybridized carbons (Fsp3) is 0.0164. The second kappa shape index (κ2) is 14.3. The van der Waals surface area contributed by atoms with Gasteiger partial charge < -0.3 is 13.7 Å². The van der Waals surface area contributed by atoms with Gasteiger partial charge in [-0.2, -0.15) is 0 Å². The van der Waals surface area contributed by atoms with E-state index in [0.717, 1.165) is 60.9 Å². The van der Waals surface area contributed by atoms with Crippen LogP contribution in [0.5, 0.6) is 0 Å². The summed E-state index contributed by atoms with van der Waals surface area (Å²) in [5.74, 6) is 0. The summed E-state index contributed by atoms with van der Waals surface area (Å²) in [6.45, 7) is 0. The molecule has 2 aliphatic heterocycles. The van der Waals surface area contributed by atoms with Crippen LogP contribution in [-0.2, 0) is 5.41 Å². The molecule has 0 saturated heterocycles. The van der Waals surface area contributed by atoms with Crippen molar-refractivity contribution in [3.63, 3.8) is 0 Å². The molecule has 12 aromatic rings. The van der Waals surface area contributed by atoms with E-state index >= 15 is 0 Å². The van der Waals surface area contributed by atoms with E-state index in [4.69, 9.17) is 8.83 Å². The van der Waals surface area contributed by atoms with E-state index < -0.39 is 13.5 Å². The van der Waals surface area contributed by atoms with Crippen LogP contribution in [0.4, 0.5) is 17.1 Å². The minimum absolute atomic E-state index is 0.589. The Balaban J connectivity index is 1.12. The number of para-hydroxylation sites is 2. The Morgan fingerprint density at radius 2 is 0.758 bits per heavy atom. The van der Waals surface area contributed by atoms with Gasteiger partial charge in [0.25, 0.3) is 0 Å². The number of fused-ring (bicyclic) bond motifs is 14. The highest BCUT2D eigenvalue weighted by Crippen LogP contribution is 2.57. The lowest BCUT2D eigenvalue weighted by atomic mass is 9.64. The normalized spacial score (nSPS) is 14.2. The van der Waals surface area contributed by atoms with Gasteiger partial charge >= 0.3 is 0 Å². The van der Waals surface area contributed by atoms with E-state index in [-0.39, 0.29) is 0 Å². The fourth-order valence-electron chi connectivity index (χ4n) is 11.6. The first kappa shape index (κ1) is 37.5. The molecule has 14 rings (SSSR count). The van der Waals surface area contributed by atoms with Crippen LogP contribution in [0.25, 0.3) is 43.9 Å². The van der Waals surface area contributed by atoms with Crippen LogP contribution in [0.1, 0.15) is 22.3 Å². The second-order valence-electron chi connectivity index (χ2n) is 17.5. The van der Waals surface area contributed by atoms with Crippen molar-refractivity contribution in [2.75, 3.05) is 4.90 Å². The van der Waals surface area contributed by atoms with E-state index in [0.29, 0.717) is 0 Å². The predicted octanol–water partition coefficient (Wildman–Crippen LogP) is 13.5. The average Bonchev–Trinajstić information content (AvgIpc) is 3.95. The second-order valence-corrected chi connectivity index (χ2v) is 22.3. The summed E-state index contributed by atoms with van der Waals surface area (Å²) in [6.07, 6.45) is 0.